The van der Waals surface area contributed by atoms with Crippen LogP contribution in [-0.4, -0.2) is 43.5 Å². The minimum absolute atomic E-state index is 0. The predicted octanol–water partition coefficient (Wildman–Crippen LogP) is 4.77. The topological polar surface area (TPSA) is 152 Å². The fourth-order valence-electron chi connectivity index (χ4n) is 3.03. The molecule has 0 bridgehead atoms. The summed E-state index contributed by atoms with van der Waals surface area (Å²) in [6.07, 6.45) is -1.76. The number of ketones is 1. The molecule has 16 heteroatoms. The highest BCUT2D eigenvalue weighted by Crippen LogP contribution is 2.31. The third-order valence-electron chi connectivity index (χ3n) is 5.04. The van der Waals surface area contributed by atoms with Crippen LogP contribution in [0.3, 0.4) is 0 Å². The standard InChI is InChI=1S/C22H18F2N6O2S.C2HF3O2.2H2/c1-30-11-26-9-14(30)10-27-21(32)12-5-7-13(8-6-12)28-22-29-20(25)19(33-22)18(31)17-15(23)3-2-4-16(17)24;3-2(4,5)1(6)7;;/h2-9,11H,10,25H2,1H3,(H,27,32)(H,28,29);(H,6,7);2*1H. The highest BCUT2D eigenvalue weighted by Gasteiger charge is 2.38. The van der Waals surface area contributed by atoms with Crippen LogP contribution in [0.1, 0.15) is 34.1 Å². The number of carbonyl (C=O) groups is 3. The molecule has 0 aliphatic rings. The summed E-state index contributed by atoms with van der Waals surface area (Å²) in [4.78, 5) is 41.8. The molecule has 5 N–H and O–H groups in total. The molecule has 0 atom stereocenters. The van der Waals surface area contributed by atoms with Crippen molar-refractivity contribution in [1.82, 2.24) is 19.9 Å². The second kappa shape index (κ2) is 12.3. The maximum Gasteiger partial charge on any atom is 0.490 e. The fraction of sp³-hybridized carbons (Fsp3) is 0.125. The van der Waals surface area contributed by atoms with Crippen LogP contribution in [0.5, 0.6) is 0 Å². The van der Waals surface area contributed by atoms with Gasteiger partial charge in [0.2, 0.25) is 5.78 Å². The number of anilines is 3. The average molecular weight is 587 g/mol. The first-order valence-corrected chi connectivity index (χ1v) is 11.7. The number of rotatable bonds is 7. The molecule has 2 heterocycles. The number of hydrogen-bond donors (Lipinski definition) is 4. The van der Waals surface area contributed by atoms with Gasteiger partial charge in [-0.2, -0.15) is 13.2 Å². The quantitative estimate of drug-likeness (QED) is 0.179. The van der Waals surface area contributed by atoms with Crippen LogP contribution in [0.15, 0.2) is 55.0 Å². The van der Waals surface area contributed by atoms with Crippen molar-refractivity contribution in [1.29, 1.82) is 0 Å². The van der Waals surface area contributed by atoms with Crippen LogP contribution in [0.4, 0.5) is 38.6 Å². The third-order valence-corrected chi connectivity index (χ3v) is 6.02. The van der Waals surface area contributed by atoms with E-state index in [0.29, 0.717) is 17.8 Å². The first-order valence-electron chi connectivity index (χ1n) is 10.9. The Morgan fingerprint density at radius 2 is 1.70 bits per heavy atom. The number of amides is 1. The number of aromatic nitrogens is 3. The Labute approximate surface area is 229 Å². The number of imidazole rings is 1. The van der Waals surface area contributed by atoms with Gasteiger partial charge in [0.1, 0.15) is 22.3 Å². The van der Waals surface area contributed by atoms with Crippen LogP contribution in [0.25, 0.3) is 0 Å². The lowest BCUT2D eigenvalue weighted by atomic mass is 10.1. The molecule has 1 amide bonds. The smallest absolute Gasteiger partial charge is 0.475 e. The Balaban J connectivity index is 0.000000876. The number of benzene rings is 2. The average Bonchev–Trinajstić information content (AvgIpc) is 3.46. The molecule has 0 aliphatic carbocycles. The first-order chi connectivity index (χ1) is 18.8. The summed E-state index contributed by atoms with van der Waals surface area (Å²) in [7, 11) is 1.84. The van der Waals surface area contributed by atoms with Crippen molar-refractivity contribution in [2.45, 2.75) is 12.7 Å². The Morgan fingerprint density at radius 3 is 2.23 bits per heavy atom. The van der Waals surface area contributed by atoms with Crippen LogP contribution in [0.2, 0.25) is 0 Å². The van der Waals surface area contributed by atoms with Gasteiger partial charge in [0.05, 0.1) is 24.1 Å². The number of aryl methyl sites for hydroxylation is 1. The van der Waals surface area contributed by atoms with Gasteiger partial charge in [0.15, 0.2) is 5.13 Å². The number of nitrogens with one attached hydrogen (secondary N) is 2. The zero-order chi connectivity index (χ0) is 29.6. The number of nitrogens with zero attached hydrogens (tertiary/aromatic N) is 3. The zero-order valence-electron chi connectivity index (χ0n) is 20.3. The number of nitrogen functional groups attached to an aromatic ring is 1. The monoisotopic (exact) mass is 586 g/mol. The molecular formula is C24H23F5N6O4S. The largest absolute Gasteiger partial charge is 0.490 e. The van der Waals surface area contributed by atoms with Crippen LogP contribution < -0.4 is 16.4 Å². The lowest BCUT2D eigenvalue weighted by Crippen LogP contribution is -2.23. The second-order valence-corrected chi connectivity index (χ2v) is 8.84. The van der Waals surface area contributed by atoms with E-state index in [-0.39, 0.29) is 24.6 Å². The van der Waals surface area contributed by atoms with E-state index in [0.717, 1.165) is 29.2 Å². The van der Waals surface area contributed by atoms with Gasteiger partial charge >= 0.3 is 12.1 Å². The molecule has 4 rings (SSSR count). The Kier molecular flexibility index (Phi) is 9.15. The second-order valence-electron chi connectivity index (χ2n) is 7.84. The van der Waals surface area contributed by atoms with E-state index in [4.69, 9.17) is 15.6 Å². The molecule has 0 saturated heterocycles. The maximum absolute atomic E-state index is 14.0. The van der Waals surface area contributed by atoms with Crippen LogP contribution in [0, 0.1) is 11.6 Å². The van der Waals surface area contributed by atoms with E-state index in [9.17, 15) is 31.5 Å². The van der Waals surface area contributed by atoms with E-state index in [1.54, 1.807) is 36.8 Å². The summed E-state index contributed by atoms with van der Waals surface area (Å²) in [5.74, 6) is -5.97. The molecule has 0 aliphatic heterocycles. The number of hydrogen-bond acceptors (Lipinski definition) is 8. The van der Waals surface area contributed by atoms with Gasteiger partial charge in [-0.1, -0.05) is 17.4 Å². The highest BCUT2D eigenvalue weighted by molar-refractivity contribution is 7.18. The molecule has 2 aromatic heterocycles. The number of nitrogens with two attached hydrogens (primary N) is 1. The summed E-state index contributed by atoms with van der Waals surface area (Å²) < 4.78 is 61.5. The Morgan fingerprint density at radius 1 is 1.10 bits per heavy atom. The molecule has 2 aromatic carbocycles. The molecule has 0 fully saturated rings. The highest BCUT2D eigenvalue weighted by atomic mass is 32.1. The van der Waals surface area contributed by atoms with Gasteiger partial charge in [-0.15, -0.1) is 0 Å². The molecular weight excluding hydrogens is 563 g/mol. The Bertz CT molecular complexity index is 1530. The normalized spacial score (nSPS) is 10.8. The van der Waals surface area contributed by atoms with Crippen molar-refractivity contribution >= 4 is 45.6 Å². The SMILES string of the molecule is Cn1cncc1CNC(=O)c1ccc(Nc2nc(N)c(C(=O)c3c(F)cccc3F)s2)cc1.O=C(O)C(F)(F)F.[HH].[HH]. The minimum Gasteiger partial charge on any atom is -0.475 e. The lowest BCUT2D eigenvalue weighted by Gasteiger charge is -2.07. The van der Waals surface area contributed by atoms with Crippen molar-refractivity contribution in [3.8, 4) is 0 Å². The van der Waals surface area contributed by atoms with Crippen molar-refractivity contribution in [2.75, 3.05) is 11.1 Å². The number of alkyl halides is 3. The Hall–Kier alpha value is -4.86. The molecule has 0 radical (unpaired) electrons. The summed E-state index contributed by atoms with van der Waals surface area (Å²) in [6.45, 7) is 0.340. The van der Waals surface area contributed by atoms with Crippen molar-refractivity contribution in [3.05, 3.63) is 88.3 Å². The van der Waals surface area contributed by atoms with Gasteiger partial charge in [0.25, 0.3) is 5.91 Å². The number of halogens is 5. The number of aliphatic carboxylic acids is 1. The van der Waals surface area contributed by atoms with Gasteiger partial charge in [-0.05, 0) is 36.4 Å². The van der Waals surface area contributed by atoms with E-state index < -0.39 is 35.1 Å². The molecule has 0 unspecified atom stereocenters. The molecule has 214 valence electrons. The van der Waals surface area contributed by atoms with E-state index in [1.807, 2.05) is 11.6 Å². The van der Waals surface area contributed by atoms with Crippen molar-refractivity contribution < 1.29 is 44.3 Å². The minimum atomic E-state index is -5.08. The van der Waals surface area contributed by atoms with Crippen molar-refractivity contribution in [2.24, 2.45) is 7.05 Å². The van der Waals surface area contributed by atoms with Gasteiger partial charge in [-0.25, -0.2) is 23.5 Å². The van der Waals surface area contributed by atoms with E-state index in [1.165, 1.54) is 6.07 Å². The molecule has 10 nitrogen and oxygen atoms in total. The first kappa shape index (κ1) is 29.7. The third kappa shape index (κ3) is 7.37. The van der Waals surface area contributed by atoms with E-state index in [2.05, 4.69) is 20.6 Å². The number of carboxylic acid groups (broad SMARTS) is 1. The van der Waals surface area contributed by atoms with Crippen LogP contribution >= 0.6 is 11.3 Å². The van der Waals surface area contributed by atoms with Crippen LogP contribution in [-0.2, 0) is 18.4 Å². The molecule has 0 spiro atoms. The number of carboxylic acids is 1. The lowest BCUT2D eigenvalue weighted by molar-refractivity contribution is -0.192. The summed E-state index contributed by atoms with van der Waals surface area (Å²) in [5, 5.41) is 13.2. The van der Waals surface area contributed by atoms with Gasteiger partial charge < -0.3 is 26.0 Å². The summed E-state index contributed by atoms with van der Waals surface area (Å²) >= 11 is 0.875. The fourth-order valence-corrected chi connectivity index (χ4v) is 3.88. The van der Waals surface area contributed by atoms with Crippen molar-refractivity contribution in [3.63, 3.8) is 0 Å². The van der Waals surface area contributed by atoms with Gasteiger partial charge in [-0.3, -0.25) is 9.59 Å². The number of carbonyl (C=O) groups excluding carboxylic acids is 2. The molecule has 0 saturated carbocycles. The van der Waals surface area contributed by atoms with Gasteiger partial charge in [0, 0.05) is 27.3 Å². The zero-order valence-corrected chi connectivity index (χ0v) is 21.1. The predicted molar refractivity (Wildman–Crippen MR) is 138 cm³/mol. The molecule has 40 heavy (non-hydrogen) atoms. The summed E-state index contributed by atoms with van der Waals surface area (Å²) in [6, 6.07) is 9.75. The number of thiazole rings is 1. The summed E-state index contributed by atoms with van der Waals surface area (Å²) in [5.41, 5.74) is 7.04. The maximum atomic E-state index is 14.0. The molecule has 4 aromatic rings. The van der Waals surface area contributed by atoms with E-state index >= 15 is 0 Å².